The average molecular weight is 463 g/mol. The van der Waals surface area contributed by atoms with Gasteiger partial charge in [0.05, 0.1) is 30.1 Å². The molecule has 1 N–H and O–H groups in total. The van der Waals surface area contributed by atoms with Crippen molar-refractivity contribution in [2.24, 2.45) is 7.05 Å². The highest BCUT2D eigenvalue weighted by Gasteiger charge is 2.36. The molecule has 0 bridgehead atoms. The fourth-order valence-corrected chi connectivity index (χ4v) is 5.21. The predicted molar refractivity (Wildman–Crippen MR) is 134 cm³/mol. The maximum absolute atomic E-state index is 12.8. The number of pyridine rings is 1. The highest BCUT2D eigenvalue weighted by Crippen LogP contribution is 2.34. The monoisotopic (exact) mass is 462 g/mol. The third-order valence-electron chi connectivity index (χ3n) is 7.27. The first-order valence-corrected chi connectivity index (χ1v) is 12.1. The van der Waals surface area contributed by atoms with Crippen LogP contribution in [-0.2, 0) is 20.2 Å². The number of hydrogen-bond donors (Lipinski definition) is 1. The number of nitriles is 1. The Morgan fingerprint density at radius 2 is 1.97 bits per heavy atom. The SMILES string of the molecule is CC[C@H]1CN([C@@H](C)c2cccc(CO)c2)[C@H](CC)CN1c1cc(=O)n(C)c2cn(CC#N)nc12. The summed E-state index contributed by atoms with van der Waals surface area (Å²) in [5.74, 6) is 0. The molecule has 8 nitrogen and oxygen atoms in total. The molecule has 1 fully saturated rings. The fourth-order valence-electron chi connectivity index (χ4n) is 5.21. The van der Waals surface area contributed by atoms with E-state index in [1.807, 2.05) is 12.1 Å². The van der Waals surface area contributed by atoms with Crippen LogP contribution in [0.25, 0.3) is 11.0 Å². The zero-order chi connectivity index (χ0) is 24.4. The van der Waals surface area contributed by atoms with E-state index in [0.717, 1.165) is 48.2 Å². The molecule has 0 aliphatic carbocycles. The second-order valence-corrected chi connectivity index (χ2v) is 9.20. The maximum atomic E-state index is 12.8. The van der Waals surface area contributed by atoms with Crippen molar-refractivity contribution < 1.29 is 5.11 Å². The van der Waals surface area contributed by atoms with Gasteiger partial charge in [-0.25, -0.2) is 0 Å². The number of hydrogen-bond acceptors (Lipinski definition) is 6. The molecule has 0 radical (unpaired) electrons. The summed E-state index contributed by atoms with van der Waals surface area (Å²) in [6.07, 6.45) is 3.70. The van der Waals surface area contributed by atoms with Crippen molar-refractivity contribution in [1.29, 1.82) is 5.26 Å². The summed E-state index contributed by atoms with van der Waals surface area (Å²) in [5, 5.41) is 23.4. The van der Waals surface area contributed by atoms with Crippen LogP contribution in [0.15, 0.2) is 41.3 Å². The second kappa shape index (κ2) is 10.00. The lowest BCUT2D eigenvalue weighted by Gasteiger charge is -2.49. The van der Waals surface area contributed by atoms with Gasteiger partial charge in [0.1, 0.15) is 12.1 Å². The van der Waals surface area contributed by atoms with E-state index in [1.165, 1.54) is 5.56 Å². The van der Waals surface area contributed by atoms with Gasteiger partial charge in [-0.15, -0.1) is 0 Å². The van der Waals surface area contributed by atoms with Gasteiger partial charge in [-0.05, 0) is 30.9 Å². The third-order valence-corrected chi connectivity index (χ3v) is 7.27. The van der Waals surface area contributed by atoms with E-state index in [1.54, 1.807) is 28.6 Å². The van der Waals surface area contributed by atoms with Crippen LogP contribution >= 0.6 is 0 Å². The summed E-state index contributed by atoms with van der Waals surface area (Å²) in [6, 6.07) is 12.8. The average Bonchev–Trinajstić information content (AvgIpc) is 3.29. The van der Waals surface area contributed by atoms with E-state index in [0.29, 0.717) is 6.04 Å². The Bertz CT molecular complexity index is 1260. The molecule has 3 atom stereocenters. The van der Waals surface area contributed by atoms with Gasteiger partial charge in [-0.1, -0.05) is 38.1 Å². The number of piperazine rings is 1. The zero-order valence-corrected chi connectivity index (χ0v) is 20.5. The van der Waals surface area contributed by atoms with E-state index in [4.69, 9.17) is 5.26 Å². The number of aliphatic hydroxyl groups excluding tert-OH is 1. The summed E-state index contributed by atoms with van der Waals surface area (Å²) in [6.45, 7) is 8.49. The van der Waals surface area contributed by atoms with E-state index in [2.05, 4.69) is 53.9 Å². The predicted octanol–water partition coefficient (Wildman–Crippen LogP) is 3.19. The van der Waals surface area contributed by atoms with Crippen molar-refractivity contribution >= 4 is 16.7 Å². The Morgan fingerprint density at radius 1 is 1.21 bits per heavy atom. The lowest BCUT2D eigenvalue weighted by atomic mass is 9.96. The molecule has 0 amide bonds. The number of aryl methyl sites for hydroxylation is 1. The molecule has 8 heteroatoms. The van der Waals surface area contributed by atoms with Gasteiger partial charge in [-0.2, -0.15) is 10.4 Å². The Morgan fingerprint density at radius 3 is 2.65 bits per heavy atom. The Hall–Kier alpha value is -3.15. The number of aromatic nitrogens is 3. The molecule has 1 aromatic carbocycles. The van der Waals surface area contributed by atoms with Gasteiger partial charge in [0, 0.05) is 44.3 Å². The van der Waals surface area contributed by atoms with Gasteiger partial charge in [-0.3, -0.25) is 14.4 Å². The molecule has 180 valence electrons. The summed E-state index contributed by atoms with van der Waals surface area (Å²) in [5.41, 5.74) is 4.44. The topological polar surface area (TPSA) is 90.3 Å². The molecule has 1 saturated heterocycles. The quantitative estimate of drug-likeness (QED) is 0.580. The van der Waals surface area contributed by atoms with Crippen LogP contribution < -0.4 is 10.5 Å². The highest BCUT2D eigenvalue weighted by atomic mass is 16.3. The van der Waals surface area contributed by atoms with E-state index < -0.39 is 0 Å². The number of benzene rings is 1. The Kier molecular flexibility index (Phi) is 7.05. The molecule has 4 rings (SSSR count). The van der Waals surface area contributed by atoms with Crippen molar-refractivity contribution in [2.75, 3.05) is 18.0 Å². The number of fused-ring (bicyclic) bond motifs is 1. The smallest absolute Gasteiger partial charge is 0.252 e. The Balaban J connectivity index is 1.72. The van der Waals surface area contributed by atoms with Crippen LogP contribution in [0.2, 0.25) is 0 Å². The van der Waals surface area contributed by atoms with Crippen molar-refractivity contribution in [1.82, 2.24) is 19.2 Å². The second-order valence-electron chi connectivity index (χ2n) is 9.20. The minimum absolute atomic E-state index is 0.0422. The summed E-state index contributed by atoms with van der Waals surface area (Å²) in [7, 11) is 1.75. The summed E-state index contributed by atoms with van der Waals surface area (Å²) in [4.78, 5) is 17.8. The summed E-state index contributed by atoms with van der Waals surface area (Å²) < 4.78 is 3.21. The first-order chi connectivity index (χ1) is 16.4. The molecule has 3 heterocycles. The van der Waals surface area contributed by atoms with Gasteiger partial charge in [0.25, 0.3) is 5.56 Å². The largest absolute Gasteiger partial charge is 0.392 e. The molecule has 34 heavy (non-hydrogen) atoms. The van der Waals surface area contributed by atoms with Crippen LogP contribution in [0.4, 0.5) is 5.69 Å². The Labute approximate surface area is 200 Å². The normalized spacial score (nSPS) is 19.9. The van der Waals surface area contributed by atoms with E-state index in [-0.39, 0.29) is 30.8 Å². The molecule has 1 aliphatic heterocycles. The lowest BCUT2D eigenvalue weighted by Crippen LogP contribution is -2.58. The molecule has 1 aliphatic rings. The molecular formula is C26H34N6O2. The number of rotatable bonds is 7. The first-order valence-electron chi connectivity index (χ1n) is 12.1. The van der Waals surface area contributed by atoms with Crippen molar-refractivity contribution in [3.05, 3.63) is 58.0 Å². The van der Waals surface area contributed by atoms with Crippen LogP contribution in [0, 0.1) is 11.3 Å². The molecule has 0 unspecified atom stereocenters. The van der Waals surface area contributed by atoms with Gasteiger partial charge in [0.15, 0.2) is 0 Å². The van der Waals surface area contributed by atoms with Crippen LogP contribution in [0.3, 0.4) is 0 Å². The maximum Gasteiger partial charge on any atom is 0.252 e. The zero-order valence-electron chi connectivity index (χ0n) is 20.5. The van der Waals surface area contributed by atoms with E-state index >= 15 is 0 Å². The van der Waals surface area contributed by atoms with Crippen LogP contribution in [0.5, 0.6) is 0 Å². The van der Waals surface area contributed by atoms with Gasteiger partial charge >= 0.3 is 0 Å². The first kappa shape index (κ1) is 24.0. The minimum Gasteiger partial charge on any atom is -0.392 e. The third kappa shape index (κ3) is 4.33. The molecule has 0 spiro atoms. The molecule has 0 saturated carbocycles. The number of nitrogens with zero attached hydrogens (tertiary/aromatic N) is 6. The van der Waals surface area contributed by atoms with Crippen LogP contribution in [0.1, 0.15) is 50.8 Å². The minimum atomic E-state index is -0.0708. The van der Waals surface area contributed by atoms with Gasteiger partial charge in [0.2, 0.25) is 0 Å². The number of aliphatic hydroxyl groups is 1. The number of anilines is 1. The lowest BCUT2D eigenvalue weighted by molar-refractivity contribution is 0.101. The molecule has 2 aromatic heterocycles. The van der Waals surface area contributed by atoms with Crippen LogP contribution in [-0.4, -0.2) is 49.5 Å². The van der Waals surface area contributed by atoms with E-state index in [9.17, 15) is 9.90 Å². The standard InChI is InChI=1S/C26H34N6O2/c1-5-21-15-32(23-13-25(34)29(4)24-16-30(11-10-27)28-26(23)24)22(6-2)14-31(21)18(3)20-9-7-8-19(12-20)17-33/h7-9,12-13,16,18,21-22,33H,5-6,11,14-15,17H2,1-4H3/t18-,21+,22-/m0/s1. The molecule has 3 aromatic rings. The van der Waals surface area contributed by atoms with Gasteiger partial charge < -0.3 is 14.6 Å². The van der Waals surface area contributed by atoms with Crippen molar-refractivity contribution in [3.63, 3.8) is 0 Å². The summed E-state index contributed by atoms with van der Waals surface area (Å²) >= 11 is 0. The highest BCUT2D eigenvalue weighted by molar-refractivity contribution is 5.88. The fraction of sp³-hybridized carbons (Fsp3) is 0.500. The van der Waals surface area contributed by atoms with Crippen molar-refractivity contribution in [2.45, 2.75) is 64.9 Å². The van der Waals surface area contributed by atoms with Crippen molar-refractivity contribution in [3.8, 4) is 6.07 Å². The molecular weight excluding hydrogens is 428 g/mol.